The van der Waals surface area contributed by atoms with Crippen LogP contribution in [0.4, 0.5) is 0 Å². The highest BCUT2D eigenvalue weighted by Crippen LogP contribution is 2.38. The van der Waals surface area contributed by atoms with E-state index in [2.05, 4.69) is 20.6 Å². The number of rotatable bonds is 9. The predicted molar refractivity (Wildman–Crippen MR) is 113 cm³/mol. The minimum absolute atomic E-state index is 0.0588. The summed E-state index contributed by atoms with van der Waals surface area (Å²) in [5.41, 5.74) is 3.69. The smallest absolute Gasteiger partial charge is 0.336 e. The fourth-order valence-electron chi connectivity index (χ4n) is 2.58. The summed E-state index contributed by atoms with van der Waals surface area (Å²) >= 11 is 0. The number of benzene rings is 2. The van der Waals surface area contributed by atoms with Crippen LogP contribution in [-0.2, 0) is 9.59 Å². The topological polar surface area (TPSA) is 126 Å². The lowest BCUT2D eigenvalue weighted by Crippen LogP contribution is -2.24. The van der Waals surface area contributed by atoms with Crippen molar-refractivity contribution in [3.63, 3.8) is 0 Å². The lowest BCUT2D eigenvalue weighted by atomic mass is 10.2. The van der Waals surface area contributed by atoms with E-state index in [-0.39, 0.29) is 29.9 Å². The van der Waals surface area contributed by atoms with E-state index >= 15 is 0 Å². The molecule has 0 spiro atoms. The SMILES string of the molecule is COc1cc(C=NNC(=O)COc2ncn(-c3ccccc3)n2)cc(OC)c1OC(C)=O. The van der Waals surface area contributed by atoms with Crippen molar-refractivity contribution >= 4 is 18.1 Å². The second-order valence-electron chi connectivity index (χ2n) is 6.24. The zero-order valence-corrected chi connectivity index (χ0v) is 17.6. The van der Waals surface area contributed by atoms with Crippen LogP contribution in [0.1, 0.15) is 12.5 Å². The van der Waals surface area contributed by atoms with Gasteiger partial charge in [0.15, 0.2) is 18.1 Å². The first-order valence-electron chi connectivity index (χ1n) is 9.36. The molecular formula is C21H21N5O6. The van der Waals surface area contributed by atoms with Gasteiger partial charge in [-0.15, -0.1) is 5.10 Å². The first-order valence-corrected chi connectivity index (χ1v) is 9.36. The lowest BCUT2D eigenvalue weighted by molar-refractivity contribution is -0.132. The van der Waals surface area contributed by atoms with Gasteiger partial charge in [-0.2, -0.15) is 10.1 Å². The monoisotopic (exact) mass is 439 g/mol. The molecular weight excluding hydrogens is 418 g/mol. The second-order valence-corrected chi connectivity index (χ2v) is 6.24. The van der Waals surface area contributed by atoms with Crippen LogP contribution < -0.4 is 24.4 Å². The molecule has 0 saturated carbocycles. The zero-order valence-electron chi connectivity index (χ0n) is 17.6. The van der Waals surface area contributed by atoms with E-state index in [1.165, 1.54) is 38.4 Å². The summed E-state index contributed by atoms with van der Waals surface area (Å²) in [4.78, 5) is 27.3. The highest BCUT2D eigenvalue weighted by atomic mass is 16.6. The number of esters is 1. The van der Waals surface area contributed by atoms with Crippen molar-refractivity contribution < 1.29 is 28.5 Å². The van der Waals surface area contributed by atoms with Crippen molar-refractivity contribution in [2.24, 2.45) is 5.10 Å². The Labute approximate surface area is 183 Å². The Hall–Kier alpha value is -4.41. The molecule has 1 aromatic heterocycles. The molecule has 0 aliphatic heterocycles. The fourth-order valence-corrected chi connectivity index (χ4v) is 2.58. The summed E-state index contributed by atoms with van der Waals surface area (Å²) < 4.78 is 22.4. The quantitative estimate of drug-likeness (QED) is 0.231. The van der Waals surface area contributed by atoms with Crippen molar-refractivity contribution in [2.75, 3.05) is 20.8 Å². The van der Waals surface area contributed by atoms with E-state index in [9.17, 15) is 9.59 Å². The Morgan fingerprint density at radius 3 is 2.44 bits per heavy atom. The number of carbonyl (C=O) groups excluding carboxylic acids is 2. The van der Waals surface area contributed by atoms with E-state index in [0.29, 0.717) is 5.56 Å². The largest absolute Gasteiger partial charge is 0.493 e. The molecule has 32 heavy (non-hydrogen) atoms. The van der Waals surface area contributed by atoms with Gasteiger partial charge in [0.25, 0.3) is 5.91 Å². The van der Waals surface area contributed by atoms with E-state index in [1.807, 2.05) is 30.3 Å². The fraction of sp³-hybridized carbons (Fsp3) is 0.190. The van der Waals surface area contributed by atoms with Gasteiger partial charge in [-0.1, -0.05) is 18.2 Å². The van der Waals surface area contributed by atoms with Gasteiger partial charge in [0.1, 0.15) is 6.33 Å². The molecule has 0 bridgehead atoms. The van der Waals surface area contributed by atoms with Crippen LogP contribution in [0.5, 0.6) is 23.3 Å². The van der Waals surface area contributed by atoms with Gasteiger partial charge >= 0.3 is 12.0 Å². The Morgan fingerprint density at radius 2 is 1.81 bits per heavy atom. The summed E-state index contributed by atoms with van der Waals surface area (Å²) in [7, 11) is 2.85. The van der Waals surface area contributed by atoms with Crippen molar-refractivity contribution in [2.45, 2.75) is 6.92 Å². The number of ether oxygens (including phenoxy) is 4. The molecule has 0 saturated heterocycles. The van der Waals surface area contributed by atoms with E-state index < -0.39 is 11.9 Å². The number of hydrazone groups is 1. The normalized spacial score (nSPS) is 10.6. The van der Waals surface area contributed by atoms with Crippen LogP contribution in [-0.4, -0.2) is 53.7 Å². The molecule has 1 amide bonds. The number of hydrogen-bond donors (Lipinski definition) is 1. The van der Waals surface area contributed by atoms with Crippen LogP contribution in [0, 0.1) is 0 Å². The summed E-state index contributed by atoms with van der Waals surface area (Å²) in [6.07, 6.45) is 2.86. The highest BCUT2D eigenvalue weighted by Gasteiger charge is 2.15. The molecule has 0 aliphatic rings. The summed E-state index contributed by atoms with van der Waals surface area (Å²) in [6.45, 7) is 0.946. The van der Waals surface area contributed by atoms with Gasteiger partial charge in [-0.05, 0) is 24.3 Å². The Balaban J connectivity index is 1.57. The van der Waals surface area contributed by atoms with Gasteiger partial charge in [0, 0.05) is 12.5 Å². The highest BCUT2D eigenvalue weighted by molar-refractivity contribution is 5.85. The van der Waals surface area contributed by atoms with Gasteiger partial charge in [0.05, 0.1) is 26.1 Å². The van der Waals surface area contributed by atoms with Crippen LogP contribution in [0.2, 0.25) is 0 Å². The summed E-state index contributed by atoms with van der Waals surface area (Å²) in [6, 6.07) is 12.6. The minimum atomic E-state index is -0.515. The zero-order chi connectivity index (χ0) is 22.9. The van der Waals surface area contributed by atoms with Gasteiger partial charge in [0.2, 0.25) is 5.75 Å². The number of para-hydroxylation sites is 1. The number of nitrogens with one attached hydrogen (secondary N) is 1. The maximum atomic E-state index is 12.0. The van der Waals surface area contributed by atoms with Crippen molar-refractivity contribution in [1.29, 1.82) is 0 Å². The number of amides is 1. The standard InChI is InChI=1S/C21H21N5O6/c1-14(27)32-20-17(29-2)9-15(10-18(20)30-3)11-23-24-19(28)12-31-21-22-13-26(25-21)16-7-5-4-6-8-16/h4-11,13H,12H2,1-3H3,(H,24,28). The molecule has 11 heteroatoms. The van der Waals surface area contributed by atoms with Crippen molar-refractivity contribution in [3.05, 3.63) is 54.4 Å². The van der Waals surface area contributed by atoms with Crippen molar-refractivity contribution in [1.82, 2.24) is 20.2 Å². The molecule has 0 fully saturated rings. The Morgan fingerprint density at radius 1 is 1.12 bits per heavy atom. The molecule has 0 unspecified atom stereocenters. The van der Waals surface area contributed by atoms with Crippen LogP contribution in [0.25, 0.3) is 5.69 Å². The molecule has 1 heterocycles. The van der Waals surface area contributed by atoms with Crippen molar-refractivity contribution in [3.8, 4) is 28.9 Å². The van der Waals surface area contributed by atoms with Gasteiger partial charge in [-0.25, -0.2) is 10.1 Å². The molecule has 166 valence electrons. The van der Waals surface area contributed by atoms with E-state index in [1.54, 1.807) is 12.1 Å². The molecule has 0 aliphatic carbocycles. The van der Waals surface area contributed by atoms with Crippen LogP contribution in [0.15, 0.2) is 53.9 Å². The Kier molecular flexibility index (Phi) is 7.36. The average Bonchev–Trinajstić information content (AvgIpc) is 3.27. The number of methoxy groups -OCH3 is 2. The predicted octanol–water partition coefficient (Wildman–Crippen LogP) is 1.74. The molecule has 2 aromatic carbocycles. The number of nitrogens with zero attached hydrogens (tertiary/aromatic N) is 4. The molecule has 11 nitrogen and oxygen atoms in total. The summed E-state index contributed by atoms with van der Waals surface area (Å²) in [5, 5.41) is 8.03. The van der Waals surface area contributed by atoms with Gasteiger partial charge in [-0.3, -0.25) is 9.59 Å². The molecule has 0 atom stereocenters. The first kappa shape index (κ1) is 22.3. The third-order valence-electron chi connectivity index (χ3n) is 3.96. The molecule has 0 radical (unpaired) electrons. The first-order chi connectivity index (χ1) is 15.5. The second kappa shape index (κ2) is 10.6. The maximum Gasteiger partial charge on any atom is 0.336 e. The number of carbonyl (C=O) groups is 2. The summed E-state index contributed by atoms with van der Waals surface area (Å²) in [5.74, 6) is -0.322. The molecule has 3 rings (SSSR count). The van der Waals surface area contributed by atoms with Crippen LogP contribution >= 0.6 is 0 Å². The van der Waals surface area contributed by atoms with E-state index in [0.717, 1.165) is 5.69 Å². The number of hydrogen-bond acceptors (Lipinski definition) is 9. The lowest BCUT2D eigenvalue weighted by Gasteiger charge is -2.13. The van der Waals surface area contributed by atoms with Gasteiger partial charge < -0.3 is 18.9 Å². The molecule has 3 aromatic rings. The maximum absolute atomic E-state index is 12.0. The third kappa shape index (κ3) is 5.81. The average molecular weight is 439 g/mol. The Bertz CT molecular complexity index is 1090. The van der Waals surface area contributed by atoms with Crippen LogP contribution in [0.3, 0.4) is 0 Å². The third-order valence-corrected chi connectivity index (χ3v) is 3.96. The molecule has 1 N–H and O–H groups in total. The minimum Gasteiger partial charge on any atom is -0.493 e. The number of aromatic nitrogens is 3. The van der Waals surface area contributed by atoms with E-state index in [4.69, 9.17) is 18.9 Å².